The number of hydrogen-bond donors (Lipinski definition) is 2. The van der Waals surface area contributed by atoms with Crippen LogP contribution in [0.5, 0.6) is 5.75 Å². The second-order valence-corrected chi connectivity index (χ2v) is 5.88. The Labute approximate surface area is 159 Å². The molecule has 1 amide bonds. The molecule has 2 rings (SSSR count). The molecule has 0 aromatic heterocycles. The van der Waals surface area contributed by atoms with Gasteiger partial charge < -0.3 is 19.9 Å². The second kappa shape index (κ2) is 9.73. The molecule has 0 saturated heterocycles. The van der Waals surface area contributed by atoms with Gasteiger partial charge in [0.15, 0.2) is 0 Å². The van der Waals surface area contributed by atoms with Crippen LogP contribution in [-0.4, -0.2) is 36.8 Å². The van der Waals surface area contributed by atoms with Crippen molar-refractivity contribution in [2.24, 2.45) is 0 Å². The largest absolute Gasteiger partial charge is 0.491 e. The molecule has 0 spiro atoms. The van der Waals surface area contributed by atoms with Crippen molar-refractivity contribution in [2.75, 3.05) is 25.1 Å². The van der Waals surface area contributed by atoms with Crippen LogP contribution in [0.3, 0.4) is 0 Å². The van der Waals surface area contributed by atoms with E-state index in [9.17, 15) is 9.59 Å². The van der Waals surface area contributed by atoms with Crippen molar-refractivity contribution in [1.29, 1.82) is 0 Å². The zero-order chi connectivity index (χ0) is 19.8. The lowest BCUT2D eigenvalue weighted by Gasteiger charge is -2.17. The molecule has 0 aliphatic carbocycles. The Morgan fingerprint density at radius 1 is 1.07 bits per heavy atom. The van der Waals surface area contributed by atoms with Crippen LogP contribution in [0, 0.1) is 6.92 Å². The molecule has 2 aromatic carbocycles. The van der Waals surface area contributed by atoms with Gasteiger partial charge >= 0.3 is 5.97 Å². The van der Waals surface area contributed by atoms with E-state index in [2.05, 4.69) is 5.32 Å². The van der Waals surface area contributed by atoms with E-state index in [1.807, 2.05) is 19.1 Å². The topological polar surface area (TPSA) is 84.9 Å². The molecule has 144 valence electrons. The van der Waals surface area contributed by atoms with Crippen molar-refractivity contribution in [2.45, 2.75) is 27.2 Å². The summed E-state index contributed by atoms with van der Waals surface area (Å²) in [6.07, 6.45) is 0.366. The SMILES string of the molecule is CCOC(=O)c1ccc(NC(=O)CC)c(C)c1-c1ccc(OCCO)cc1. The van der Waals surface area contributed by atoms with Gasteiger partial charge in [0.25, 0.3) is 0 Å². The number of esters is 1. The minimum atomic E-state index is -0.412. The van der Waals surface area contributed by atoms with E-state index >= 15 is 0 Å². The molecule has 0 atom stereocenters. The fourth-order valence-electron chi connectivity index (χ4n) is 2.72. The first kappa shape index (κ1) is 20.5. The smallest absolute Gasteiger partial charge is 0.338 e. The number of carbonyl (C=O) groups is 2. The van der Waals surface area contributed by atoms with Crippen LogP contribution in [0.1, 0.15) is 36.2 Å². The normalized spacial score (nSPS) is 10.4. The Morgan fingerprint density at radius 2 is 1.78 bits per heavy atom. The molecule has 0 saturated carbocycles. The number of nitrogens with one attached hydrogen (secondary N) is 1. The summed E-state index contributed by atoms with van der Waals surface area (Å²) in [7, 11) is 0. The minimum Gasteiger partial charge on any atom is -0.491 e. The lowest BCUT2D eigenvalue weighted by molar-refractivity contribution is -0.115. The van der Waals surface area contributed by atoms with E-state index in [4.69, 9.17) is 14.6 Å². The average Bonchev–Trinajstić information content (AvgIpc) is 2.68. The van der Waals surface area contributed by atoms with Gasteiger partial charge in [0.2, 0.25) is 5.91 Å². The highest BCUT2D eigenvalue weighted by Crippen LogP contribution is 2.34. The van der Waals surface area contributed by atoms with Crippen molar-refractivity contribution in [3.63, 3.8) is 0 Å². The van der Waals surface area contributed by atoms with Gasteiger partial charge in [0.05, 0.1) is 18.8 Å². The van der Waals surface area contributed by atoms with Crippen LogP contribution in [0.25, 0.3) is 11.1 Å². The van der Waals surface area contributed by atoms with Crippen molar-refractivity contribution < 1.29 is 24.2 Å². The quantitative estimate of drug-likeness (QED) is 0.693. The number of carbonyl (C=O) groups excluding carboxylic acids is 2. The van der Waals surface area contributed by atoms with Gasteiger partial charge in [-0.1, -0.05) is 19.1 Å². The molecule has 2 aromatic rings. The number of amides is 1. The van der Waals surface area contributed by atoms with E-state index in [0.29, 0.717) is 29.0 Å². The summed E-state index contributed by atoms with van der Waals surface area (Å²) in [6.45, 7) is 5.83. The molecule has 0 aliphatic rings. The molecule has 6 nitrogen and oxygen atoms in total. The van der Waals surface area contributed by atoms with E-state index in [-0.39, 0.29) is 25.7 Å². The molecule has 0 aliphatic heterocycles. The van der Waals surface area contributed by atoms with Gasteiger partial charge in [0.1, 0.15) is 12.4 Å². The van der Waals surface area contributed by atoms with Crippen molar-refractivity contribution in [3.8, 4) is 16.9 Å². The predicted molar refractivity (Wildman–Crippen MR) is 104 cm³/mol. The Balaban J connectivity index is 2.50. The fraction of sp³-hybridized carbons (Fsp3) is 0.333. The maximum atomic E-state index is 12.4. The molecule has 0 unspecified atom stereocenters. The zero-order valence-corrected chi connectivity index (χ0v) is 15.9. The number of aliphatic hydroxyl groups excluding tert-OH is 1. The van der Waals surface area contributed by atoms with Gasteiger partial charge in [-0.15, -0.1) is 0 Å². The van der Waals surface area contributed by atoms with Crippen LogP contribution in [0.4, 0.5) is 5.69 Å². The number of benzene rings is 2. The van der Waals surface area contributed by atoms with Crippen LogP contribution in [0.15, 0.2) is 36.4 Å². The predicted octanol–water partition coefficient (Wildman–Crippen LogP) is 3.56. The summed E-state index contributed by atoms with van der Waals surface area (Å²) in [4.78, 5) is 24.2. The third-order valence-corrected chi connectivity index (χ3v) is 4.06. The highest BCUT2D eigenvalue weighted by molar-refractivity contribution is 6.01. The Bertz CT molecular complexity index is 799. The van der Waals surface area contributed by atoms with Gasteiger partial charge in [-0.05, 0) is 49.2 Å². The molecule has 0 heterocycles. The first-order valence-corrected chi connectivity index (χ1v) is 8.96. The molecular weight excluding hydrogens is 346 g/mol. The monoisotopic (exact) mass is 371 g/mol. The second-order valence-electron chi connectivity index (χ2n) is 5.88. The van der Waals surface area contributed by atoms with E-state index in [1.54, 1.807) is 38.1 Å². The van der Waals surface area contributed by atoms with E-state index in [0.717, 1.165) is 11.1 Å². The first-order valence-electron chi connectivity index (χ1n) is 8.96. The van der Waals surface area contributed by atoms with Gasteiger partial charge in [-0.2, -0.15) is 0 Å². The minimum absolute atomic E-state index is 0.0625. The van der Waals surface area contributed by atoms with Crippen LogP contribution in [0.2, 0.25) is 0 Å². The van der Waals surface area contributed by atoms with Gasteiger partial charge in [-0.3, -0.25) is 4.79 Å². The van der Waals surface area contributed by atoms with Gasteiger partial charge in [0, 0.05) is 17.7 Å². The van der Waals surface area contributed by atoms with Crippen LogP contribution < -0.4 is 10.1 Å². The van der Waals surface area contributed by atoms with Gasteiger partial charge in [-0.25, -0.2) is 4.79 Å². The number of anilines is 1. The van der Waals surface area contributed by atoms with Crippen molar-refractivity contribution >= 4 is 17.6 Å². The van der Waals surface area contributed by atoms with E-state index in [1.165, 1.54) is 0 Å². The van der Waals surface area contributed by atoms with Crippen molar-refractivity contribution in [3.05, 3.63) is 47.5 Å². The summed E-state index contributed by atoms with van der Waals surface area (Å²) in [5, 5.41) is 11.7. The maximum Gasteiger partial charge on any atom is 0.338 e. The maximum absolute atomic E-state index is 12.4. The summed E-state index contributed by atoms with van der Waals surface area (Å²) in [5.74, 6) is 0.115. The lowest BCUT2D eigenvalue weighted by atomic mass is 9.93. The number of ether oxygens (including phenoxy) is 2. The summed E-state index contributed by atoms with van der Waals surface area (Å²) < 4.78 is 10.6. The lowest BCUT2D eigenvalue weighted by Crippen LogP contribution is -2.13. The molecule has 27 heavy (non-hydrogen) atoms. The number of rotatable bonds is 8. The number of aliphatic hydroxyl groups is 1. The third-order valence-electron chi connectivity index (χ3n) is 4.06. The van der Waals surface area contributed by atoms with Crippen molar-refractivity contribution in [1.82, 2.24) is 0 Å². The summed E-state index contributed by atoms with van der Waals surface area (Å²) in [6, 6.07) is 10.6. The Kier molecular flexibility index (Phi) is 7.37. The zero-order valence-electron chi connectivity index (χ0n) is 15.9. The average molecular weight is 371 g/mol. The fourth-order valence-corrected chi connectivity index (χ4v) is 2.72. The standard InChI is InChI=1S/C21H25NO5/c1-4-19(24)22-18-11-10-17(21(25)26-5-2)20(14(18)3)15-6-8-16(9-7-15)27-13-12-23/h6-11,23H,4-5,12-13H2,1-3H3,(H,22,24). The number of hydrogen-bond acceptors (Lipinski definition) is 5. The Hall–Kier alpha value is -2.86. The molecule has 0 bridgehead atoms. The van der Waals surface area contributed by atoms with Crippen LogP contribution in [-0.2, 0) is 9.53 Å². The summed E-state index contributed by atoms with van der Waals surface area (Å²) in [5.41, 5.74) is 3.39. The first-order chi connectivity index (χ1) is 13.0. The molecule has 6 heteroatoms. The molecule has 0 fully saturated rings. The molecule has 0 radical (unpaired) electrons. The third kappa shape index (κ3) is 5.08. The molecule has 2 N–H and O–H groups in total. The van der Waals surface area contributed by atoms with Crippen LogP contribution >= 0.6 is 0 Å². The molecular formula is C21H25NO5. The highest BCUT2D eigenvalue weighted by atomic mass is 16.5. The van der Waals surface area contributed by atoms with E-state index < -0.39 is 5.97 Å². The summed E-state index contributed by atoms with van der Waals surface area (Å²) >= 11 is 0. The Morgan fingerprint density at radius 3 is 2.37 bits per heavy atom. The highest BCUT2D eigenvalue weighted by Gasteiger charge is 2.19.